The summed E-state index contributed by atoms with van der Waals surface area (Å²) in [5.74, 6) is 0.741. The molecule has 1 rings (SSSR count). The topological polar surface area (TPSA) is 29.1 Å². The molecule has 0 bridgehead atoms. The van der Waals surface area contributed by atoms with Crippen LogP contribution >= 0.6 is 0 Å². The zero-order valence-corrected chi connectivity index (χ0v) is 7.61. The third-order valence-corrected chi connectivity index (χ3v) is 2.82. The van der Waals surface area contributed by atoms with Crippen LogP contribution in [0.25, 0.3) is 0 Å². The minimum Gasteiger partial charge on any atom is -0.354 e. The fourth-order valence-electron chi connectivity index (χ4n) is 1.79. The summed E-state index contributed by atoms with van der Waals surface area (Å²) in [5.41, 5.74) is -0.0191. The molecular formula is C9H17NO. The highest BCUT2D eigenvalue weighted by atomic mass is 16.2. The van der Waals surface area contributed by atoms with E-state index in [0.717, 1.165) is 19.4 Å². The van der Waals surface area contributed by atoms with Crippen LogP contribution in [0.1, 0.15) is 33.6 Å². The second-order valence-corrected chi connectivity index (χ2v) is 3.74. The zero-order chi connectivity index (χ0) is 8.48. The van der Waals surface area contributed by atoms with Crippen molar-refractivity contribution >= 4 is 5.91 Å². The largest absolute Gasteiger partial charge is 0.354 e. The smallest absolute Gasteiger partial charge is 0.228 e. The summed E-state index contributed by atoms with van der Waals surface area (Å²) in [6.45, 7) is 7.29. The first-order valence-electron chi connectivity index (χ1n) is 4.42. The summed E-state index contributed by atoms with van der Waals surface area (Å²) < 4.78 is 0. The van der Waals surface area contributed by atoms with E-state index in [1.807, 2.05) is 0 Å². The van der Waals surface area contributed by atoms with Crippen molar-refractivity contribution in [3.8, 4) is 0 Å². The van der Waals surface area contributed by atoms with E-state index in [-0.39, 0.29) is 11.3 Å². The number of carbonyl (C=O) groups is 1. The predicted octanol–water partition coefficient (Wildman–Crippen LogP) is 1.56. The van der Waals surface area contributed by atoms with Gasteiger partial charge in [-0.15, -0.1) is 0 Å². The molecule has 0 radical (unpaired) electrons. The van der Waals surface area contributed by atoms with E-state index in [0.29, 0.717) is 5.92 Å². The number of amides is 1. The van der Waals surface area contributed by atoms with Crippen molar-refractivity contribution < 1.29 is 4.79 Å². The average molecular weight is 155 g/mol. The molecule has 1 saturated heterocycles. The Bertz CT molecular complexity index is 165. The summed E-state index contributed by atoms with van der Waals surface area (Å²) in [6.07, 6.45) is 2.14. The lowest BCUT2D eigenvalue weighted by molar-refractivity contribution is -0.144. The predicted molar refractivity (Wildman–Crippen MR) is 45.2 cm³/mol. The van der Waals surface area contributed by atoms with Crippen LogP contribution in [-0.4, -0.2) is 12.5 Å². The van der Waals surface area contributed by atoms with Gasteiger partial charge in [0, 0.05) is 6.54 Å². The third kappa shape index (κ3) is 1.15. The normalized spacial score (nSPS) is 30.0. The van der Waals surface area contributed by atoms with Gasteiger partial charge in [0.1, 0.15) is 0 Å². The Morgan fingerprint density at radius 2 is 2.27 bits per heavy atom. The molecule has 0 aromatic carbocycles. The first-order chi connectivity index (χ1) is 5.13. The monoisotopic (exact) mass is 155 g/mol. The number of nitrogens with one attached hydrogen (secondary N) is 1. The number of β-lactam (4-membered cyclic amide) rings is 1. The molecule has 1 fully saturated rings. The van der Waals surface area contributed by atoms with E-state index in [1.54, 1.807) is 0 Å². The molecule has 1 aliphatic rings. The van der Waals surface area contributed by atoms with Crippen molar-refractivity contribution in [3.05, 3.63) is 0 Å². The lowest BCUT2D eigenvalue weighted by Gasteiger charge is -2.44. The summed E-state index contributed by atoms with van der Waals surface area (Å²) in [7, 11) is 0. The van der Waals surface area contributed by atoms with Crippen LogP contribution in [0.5, 0.6) is 0 Å². The van der Waals surface area contributed by atoms with Crippen molar-refractivity contribution in [2.75, 3.05) is 6.54 Å². The standard InChI is InChI=1S/C9H17NO/c1-4-5-9(7(2)3)6-10-8(9)11/h7H,4-6H2,1-3H3,(H,10,11). The number of hydrogen-bond acceptors (Lipinski definition) is 1. The highest BCUT2D eigenvalue weighted by Crippen LogP contribution is 2.37. The fraction of sp³-hybridized carbons (Fsp3) is 0.889. The van der Waals surface area contributed by atoms with Crippen LogP contribution in [0.15, 0.2) is 0 Å². The molecule has 1 unspecified atom stereocenters. The van der Waals surface area contributed by atoms with Gasteiger partial charge in [-0.1, -0.05) is 27.2 Å². The number of rotatable bonds is 3. The van der Waals surface area contributed by atoms with Gasteiger partial charge in [-0.05, 0) is 12.3 Å². The number of carbonyl (C=O) groups excluding carboxylic acids is 1. The quantitative estimate of drug-likeness (QED) is 0.616. The fourth-order valence-corrected chi connectivity index (χ4v) is 1.79. The molecule has 0 aromatic heterocycles. The molecule has 11 heavy (non-hydrogen) atoms. The van der Waals surface area contributed by atoms with Gasteiger partial charge in [-0.25, -0.2) is 0 Å². The third-order valence-electron chi connectivity index (χ3n) is 2.82. The lowest BCUT2D eigenvalue weighted by Crippen LogP contribution is -2.61. The van der Waals surface area contributed by atoms with E-state index in [9.17, 15) is 4.79 Å². The minimum absolute atomic E-state index is 0.0191. The van der Waals surface area contributed by atoms with Crippen LogP contribution in [0.4, 0.5) is 0 Å². The molecule has 0 saturated carbocycles. The second kappa shape index (κ2) is 2.84. The minimum atomic E-state index is -0.0191. The average Bonchev–Trinajstić information content (AvgIpc) is 1.96. The molecule has 1 heterocycles. The Morgan fingerprint density at radius 1 is 1.64 bits per heavy atom. The van der Waals surface area contributed by atoms with Crippen molar-refractivity contribution in [3.63, 3.8) is 0 Å². The summed E-state index contributed by atoms with van der Waals surface area (Å²) in [4.78, 5) is 11.3. The summed E-state index contributed by atoms with van der Waals surface area (Å²) in [6, 6.07) is 0. The number of hydrogen-bond donors (Lipinski definition) is 1. The van der Waals surface area contributed by atoms with Crippen molar-refractivity contribution in [1.29, 1.82) is 0 Å². The highest BCUT2D eigenvalue weighted by molar-refractivity contribution is 5.88. The van der Waals surface area contributed by atoms with Crippen LogP contribution in [0.3, 0.4) is 0 Å². The molecule has 0 aliphatic carbocycles. The molecule has 1 atom stereocenters. The molecule has 2 heteroatoms. The van der Waals surface area contributed by atoms with Gasteiger partial charge in [0.25, 0.3) is 0 Å². The van der Waals surface area contributed by atoms with E-state index in [2.05, 4.69) is 26.1 Å². The second-order valence-electron chi connectivity index (χ2n) is 3.74. The maximum atomic E-state index is 11.3. The van der Waals surface area contributed by atoms with E-state index >= 15 is 0 Å². The Balaban J connectivity index is 2.64. The first kappa shape index (κ1) is 8.57. The Kier molecular flexibility index (Phi) is 2.21. The molecule has 1 N–H and O–H groups in total. The van der Waals surface area contributed by atoms with Crippen LogP contribution in [0.2, 0.25) is 0 Å². The van der Waals surface area contributed by atoms with Gasteiger partial charge in [0.05, 0.1) is 5.41 Å². The summed E-state index contributed by atoms with van der Waals surface area (Å²) in [5, 5.41) is 2.83. The van der Waals surface area contributed by atoms with Crippen molar-refractivity contribution in [2.24, 2.45) is 11.3 Å². The summed E-state index contributed by atoms with van der Waals surface area (Å²) >= 11 is 0. The van der Waals surface area contributed by atoms with E-state index in [1.165, 1.54) is 0 Å². The molecule has 0 aromatic rings. The van der Waals surface area contributed by atoms with Gasteiger partial charge in [-0.2, -0.15) is 0 Å². The van der Waals surface area contributed by atoms with Gasteiger partial charge >= 0.3 is 0 Å². The van der Waals surface area contributed by atoms with Crippen molar-refractivity contribution in [2.45, 2.75) is 33.6 Å². The molecule has 64 valence electrons. The van der Waals surface area contributed by atoms with Gasteiger partial charge in [-0.3, -0.25) is 4.79 Å². The molecule has 1 amide bonds. The van der Waals surface area contributed by atoms with Gasteiger partial charge in [0.2, 0.25) is 5.91 Å². The van der Waals surface area contributed by atoms with Crippen LogP contribution < -0.4 is 5.32 Å². The molecule has 2 nitrogen and oxygen atoms in total. The zero-order valence-electron chi connectivity index (χ0n) is 7.61. The Labute approximate surface area is 68.4 Å². The van der Waals surface area contributed by atoms with Gasteiger partial charge < -0.3 is 5.32 Å². The van der Waals surface area contributed by atoms with Gasteiger partial charge in [0.15, 0.2) is 0 Å². The maximum absolute atomic E-state index is 11.3. The first-order valence-corrected chi connectivity index (χ1v) is 4.42. The van der Waals surface area contributed by atoms with Crippen LogP contribution in [0, 0.1) is 11.3 Å². The van der Waals surface area contributed by atoms with E-state index < -0.39 is 0 Å². The maximum Gasteiger partial charge on any atom is 0.228 e. The molecule has 1 aliphatic heterocycles. The highest BCUT2D eigenvalue weighted by Gasteiger charge is 2.47. The molecule has 0 spiro atoms. The SMILES string of the molecule is CCCC1(C(C)C)CNC1=O. The Morgan fingerprint density at radius 3 is 2.36 bits per heavy atom. The Hall–Kier alpha value is -0.530. The van der Waals surface area contributed by atoms with Crippen LogP contribution in [-0.2, 0) is 4.79 Å². The van der Waals surface area contributed by atoms with Crippen molar-refractivity contribution in [1.82, 2.24) is 5.32 Å². The van der Waals surface area contributed by atoms with E-state index in [4.69, 9.17) is 0 Å². The molecular weight excluding hydrogens is 138 g/mol. The lowest BCUT2D eigenvalue weighted by atomic mass is 9.68.